The fourth-order valence-corrected chi connectivity index (χ4v) is 3.19. The van der Waals surface area contributed by atoms with Crippen LogP contribution in [0.25, 0.3) is 0 Å². The van der Waals surface area contributed by atoms with Crippen molar-refractivity contribution in [2.75, 3.05) is 31.5 Å². The molecule has 0 amide bonds. The minimum absolute atomic E-state index is 0.921. The number of nitrogens with one attached hydrogen (secondary N) is 1. The van der Waals surface area contributed by atoms with Gasteiger partial charge in [0.2, 0.25) is 0 Å². The van der Waals surface area contributed by atoms with Crippen LogP contribution in [0, 0.1) is 0 Å². The minimum Gasteiger partial charge on any atom is -0.368 e. The number of piperidine rings is 1. The van der Waals surface area contributed by atoms with E-state index in [9.17, 15) is 0 Å². The highest BCUT2D eigenvalue weighted by Gasteiger charge is 2.09. The molecule has 3 nitrogen and oxygen atoms in total. The van der Waals surface area contributed by atoms with Gasteiger partial charge >= 0.3 is 0 Å². The second-order valence-corrected chi connectivity index (χ2v) is 6.08. The first-order valence-corrected chi connectivity index (χ1v) is 7.61. The molecule has 0 radical (unpaired) electrons. The fourth-order valence-electron chi connectivity index (χ4n) is 2.06. The van der Waals surface area contributed by atoms with Crippen molar-refractivity contribution in [3.05, 3.63) is 21.2 Å². The van der Waals surface area contributed by atoms with Crippen molar-refractivity contribution in [1.29, 1.82) is 0 Å². The molecule has 0 aliphatic carbocycles. The summed E-state index contributed by atoms with van der Waals surface area (Å²) in [7, 11) is 0. The van der Waals surface area contributed by atoms with Crippen molar-refractivity contribution < 1.29 is 0 Å². The molecule has 17 heavy (non-hydrogen) atoms. The van der Waals surface area contributed by atoms with Crippen LogP contribution in [0.15, 0.2) is 21.2 Å². The monoisotopic (exact) mass is 361 g/mol. The maximum Gasteiger partial charge on any atom is 0.140 e. The highest BCUT2D eigenvalue weighted by atomic mass is 79.9. The number of hydrogen-bond acceptors (Lipinski definition) is 3. The molecule has 1 saturated heterocycles. The van der Waals surface area contributed by atoms with Crippen LogP contribution in [0.4, 0.5) is 5.82 Å². The molecule has 1 N–H and O–H groups in total. The third-order valence-corrected chi connectivity index (χ3v) is 4.02. The van der Waals surface area contributed by atoms with E-state index in [4.69, 9.17) is 0 Å². The fraction of sp³-hybridized carbons (Fsp3) is 0.583. The predicted molar refractivity (Wildman–Crippen MR) is 78.4 cm³/mol. The standard InChI is InChI=1S/C12H17Br2N3/c13-10-8-11(14)12(16-9-10)15-4-7-17-5-2-1-3-6-17/h8-9H,1-7H2,(H,15,16). The Kier molecular flexibility index (Phi) is 5.25. The van der Waals surface area contributed by atoms with E-state index in [1.54, 1.807) is 0 Å². The molecule has 0 aromatic carbocycles. The summed E-state index contributed by atoms with van der Waals surface area (Å²) in [5, 5.41) is 3.37. The van der Waals surface area contributed by atoms with Crippen molar-refractivity contribution in [1.82, 2.24) is 9.88 Å². The number of likely N-dealkylation sites (tertiary alicyclic amines) is 1. The van der Waals surface area contributed by atoms with Gasteiger partial charge in [0.15, 0.2) is 0 Å². The lowest BCUT2D eigenvalue weighted by molar-refractivity contribution is 0.237. The van der Waals surface area contributed by atoms with Crippen molar-refractivity contribution >= 4 is 37.7 Å². The first-order valence-electron chi connectivity index (χ1n) is 6.03. The smallest absolute Gasteiger partial charge is 0.140 e. The Morgan fingerprint density at radius 1 is 1.24 bits per heavy atom. The van der Waals surface area contributed by atoms with Crippen molar-refractivity contribution in [3.63, 3.8) is 0 Å². The van der Waals surface area contributed by atoms with Crippen molar-refractivity contribution in [2.24, 2.45) is 0 Å². The molecule has 2 heterocycles. The first-order chi connectivity index (χ1) is 8.25. The molecule has 1 fully saturated rings. The topological polar surface area (TPSA) is 28.2 Å². The maximum atomic E-state index is 4.34. The maximum absolute atomic E-state index is 4.34. The molecule has 1 aliphatic rings. The number of pyridine rings is 1. The summed E-state index contributed by atoms with van der Waals surface area (Å²) >= 11 is 6.90. The van der Waals surface area contributed by atoms with Gasteiger partial charge in [-0.1, -0.05) is 6.42 Å². The van der Waals surface area contributed by atoms with E-state index < -0.39 is 0 Å². The lowest BCUT2D eigenvalue weighted by Crippen LogP contribution is -2.33. The molecule has 1 aromatic heterocycles. The Balaban J connectivity index is 1.77. The van der Waals surface area contributed by atoms with Crippen LogP contribution in [0.1, 0.15) is 19.3 Å². The Morgan fingerprint density at radius 2 is 2.00 bits per heavy atom. The molecule has 5 heteroatoms. The molecule has 1 aliphatic heterocycles. The van der Waals surface area contributed by atoms with Crippen LogP contribution >= 0.6 is 31.9 Å². The summed E-state index contributed by atoms with van der Waals surface area (Å²) in [5.41, 5.74) is 0. The first kappa shape index (κ1) is 13.3. The molecule has 0 bridgehead atoms. The van der Waals surface area contributed by atoms with Gasteiger partial charge in [-0.3, -0.25) is 0 Å². The zero-order valence-electron chi connectivity index (χ0n) is 9.75. The van der Waals surface area contributed by atoms with E-state index in [0.717, 1.165) is 27.9 Å². The number of rotatable bonds is 4. The van der Waals surface area contributed by atoms with Gasteiger partial charge in [-0.15, -0.1) is 0 Å². The van der Waals surface area contributed by atoms with Gasteiger partial charge < -0.3 is 10.2 Å². The van der Waals surface area contributed by atoms with Gasteiger partial charge in [-0.2, -0.15) is 0 Å². The third kappa shape index (κ3) is 4.23. The zero-order chi connectivity index (χ0) is 12.1. The summed E-state index contributed by atoms with van der Waals surface area (Å²) in [6.07, 6.45) is 5.90. The average Bonchev–Trinajstić information content (AvgIpc) is 2.33. The number of nitrogens with zero attached hydrogens (tertiary/aromatic N) is 2. The molecule has 0 saturated carbocycles. The summed E-state index contributed by atoms with van der Waals surface area (Å²) in [4.78, 5) is 6.85. The van der Waals surface area contributed by atoms with E-state index >= 15 is 0 Å². The van der Waals surface area contributed by atoms with E-state index in [1.165, 1.54) is 32.4 Å². The lowest BCUT2D eigenvalue weighted by Gasteiger charge is -2.26. The van der Waals surface area contributed by atoms with Gasteiger partial charge in [0.05, 0.1) is 4.47 Å². The number of hydrogen-bond donors (Lipinski definition) is 1. The van der Waals surface area contributed by atoms with Gasteiger partial charge in [0.25, 0.3) is 0 Å². The number of anilines is 1. The highest BCUT2D eigenvalue weighted by molar-refractivity contribution is 9.11. The Bertz CT molecular complexity index is 365. The molecule has 0 atom stereocenters. The van der Waals surface area contributed by atoms with Gasteiger partial charge in [0.1, 0.15) is 5.82 Å². The lowest BCUT2D eigenvalue weighted by atomic mass is 10.1. The van der Waals surface area contributed by atoms with Gasteiger partial charge in [0, 0.05) is 23.8 Å². The van der Waals surface area contributed by atoms with Gasteiger partial charge in [-0.25, -0.2) is 4.98 Å². The molecule has 94 valence electrons. The normalized spacial score (nSPS) is 17.1. The largest absolute Gasteiger partial charge is 0.368 e. The molecule has 0 spiro atoms. The molecule has 2 rings (SSSR count). The Hall–Kier alpha value is -0.130. The van der Waals surface area contributed by atoms with Gasteiger partial charge in [-0.05, 0) is 63.9 Å². The second-order valence-electron chi connectivity index (χ2n) is 4.31. The summed E-state index contributed by atoms with van der Waals surface area (Å²) in [6.45, 7) is 4.55. The van der Waals surface area contributed by atoms with Crippen LogP contribution in [-0.2, 0) is 0 Å². The minimum atomic E-state index is 0.921. The highest BCUT2D eigenvalue weighted by Crippen LogP contribution is 2.23. The van der Waals surface area contributed by atoms with Crippen LogP contribution in [-0.4, -0.2) is 36.1 Å². The van der Waals surface area contributed by atoms with Crippen LogP contribution < -0.4 is 5.32 Å². The SMILES string of the molecule is Brc1cnc(NCCN2CCCCC2)c(Br)c1. The van der Waals surface area contributed by atoms with E-state index in [0.29, 0.717) is 0 Å². The number of halogens is 2. The predicted octanol–water partition coefficient (Wildman–Crippen LogP) is 3.50. The average molecular weight is 363 g/mol. The summed E-state index contributed by atoms with van der Waals surface area (Å²) in [5.74, 6) is 0.921. The quantitative estimate of drug-likeness (QED) is 0.888. The second kappa shape index (κ2) is 6.71. The van der Waals surface area contributed by atoms with Crippen LogP contribution in [0.2, 0.25) is 0 Å². The summed E-state index contributed by atoms with van der Waals surface area (Å²) in [6, 6.07) is 2.01. The van der Waals surface area contributed by atoms with Crippen LogP contribution in [0.5, 0.6) is 0 Å². The molecular formula is C12H17Br2N3. The van der Waals surface area contributed by atoms with E-state index in [2.05, 4.69) is 47.1 Å². The van der Waals surface area contributed by atoms with Crippen LogP contribution in [0.3, 0.4) is 0 Å². The van der Waals surface area contributed by atoms with Crippen molar-refractivity contribution in [2.45, 2.75) is 19.3 Å². The Labute approximate surface area is 119 Å². The third-order valence-electron chi connectivity index (χ3n) is 2.98. The zero-order valence-corrected chi connectivity index (χ0v) is 12.9. The number of aromatic nitrogens is 1. The van der Waals surface area contributed by atoms with E-state index in [1.807, 2.05) is 12.3 Å². The molecule has 0 unspecified atom stereocenters. The van der Waals surface area contributed by atoms with Crippen molar-refractivity contribution in [3.8, 4) is 0 Å². The molecule has 1 aromatic rings. The Morgan fingerprint density at radius 3 is 2.71 bits per heavy atom. The molecular weight excluding hydrogens is 346 g/mol. The van der Waals surface area contributed by atoms with E-state index in [-0.39, 0.29) is 0 Å². The summed E-state index contributed by atoms with van der Waals surface area (Å²) < 4.78 is 2.00.